The molecule has 0 radical (unpaired) electrons. The third-order valence-electron chi connectivity index (χ3n) is 4.57. The minimum Gasteiger partial charge on any atom is -0.486 e. The van der Waals surface area contributed by atoms with Gasteiger partial charge in [0.15, 0.2) is 11.5 Å². The Balaban J connectivity index is 1.85. The van der Waals surface area contributed by atoms with Gasteiger partial charge in [-0.15, -0.1) is 0 Å². The minimum absolute atomic E-state index is 0.0471. The van der Waals surface area contributed by atoms with Crippen molar-refractivity contribution in [3.05, 3.63) is 52.1 Å². The summed E-state index contributed by atoms with van der Waals surface area (Å²) in [6, 6.07) is 7.92. The first-order chi connectivity index (χ1) is 14.3. The molecule has 2 aromatic rings. The van der Waals surface area contributed by atoms with Crippen molar-refractivity contribution in [1.29, 1.82) is 0 Å². The number of rotatable bonds is 7. The number of amides is 1. The number of sulfonamides is 1. The van der Waals surface area contributed by atoms with Crippen LogP contribution in [0.15, 0.2) is 41.3 Å². The molecule has 10 nitrogen and oxygen atoms in total. The normalized spacial score (nSPS) is 13.2. The summed E-state index contributed by atoms with van der Waals surface area (Å²) >= 11 is 0. The standard InChI is InChI=1S/C19H21N3O7S/c1-3-21(4-2)30(26,27)14-7-5-13(6-8-14)19(23)20-15-11-17-18(29-10-9-28-17)12-16(15)22(24)25/h5-8,11-12H,3-4,9-10H2,1-2H3,(H,20,23). The van der Waals surface area contributed by atoms with E-state index in [2.05, 4.69) is 5.32 Å². The van der Waals surface area contributed by atoms with Crippen LogP contribution in [0.1, 0.15) is 24.2 Å². The number of anilines is 1. The number of hydrogen-bond acceptors (Lipinski definition) is 7. The molecule has 1 aliphatic rings. The fourth-order valence-corrected chi connectivity index (χ4v) is 4.47. The van der Waals surface area contributed by atoms with E-state index in [0.29, 0.717) is 25.4 Å². The maximum Gasteiger partial charge on any atom is 0.296 e. The van der Waals surface area contributed by atoms with Crippen LogP contribution in [-0.4, -0.2) is 49.9 Å². The third-order valence-corrected chi connectivity index (χ3v) is 6.63. The summed E-state index contributed by atoms with van der Waals surface area (Å²) in [5, 5.41) is 13.9. The highest BCUT2D eigenvalue weighted by atomic mass is 32.2. The predicted molar refractivity (Wildman–Crippen MR) is 109 cm³/mol. The van der Waals surface area contributed by atoms with Crippen LogP contribution in [0.4, 0.5) is 11.4 Å². The fraction of sp³-hybridized carbons (Fsp3) is 0.316. The molecule has 0 saturated heterocycles. The van der Waals surface area contributed by atoms with Crippen LogP contribution in [0.5, 0.6) is 11.5 Å². The van der Waals surface area contributed by atoms with Gasteiger partial charge in [-0.1, -0.05) is 13.8 Å². The zero-order valence-corrected chi connectivity index (χ0v) is 17.3. The lowest BCUT2D eigenvalue weighted by atomic mass is 10.2. The van der Waals surface area contributed by atoms with E-state index < -0.39 is 20.9 Å². The first-order valence-electron chi connectivity index (χ1n) is 9.27. The van der Waals surface area contributed by atoms with E-state index in [1.807, 2.05) is 0 Å². The molecule has 1 aliphatic heterocycles. The Labute approximate surface area is 173 Å². The fourth-order valence-electron chi connectivity index (χ4n) is 3.01. The van der Waals surface area contributed by atoms with Gasteiger partial charge in [0.2, 0.25) is 10.0 Å². The van der Waals surface area contributed by atoms with Crippen molar-refractivity contribution < 1.29 is 27.6 Å². The molecule has 11 heteroatoms. The molecule has 0 unspecified atom stereocenters. The molecular weight excluding hydrogens is 414 g/mol. The van der Waals surface area contributed by atoms with E-state index in [1.165, 1.54) is 40.7 Å². The first kappa shape index (κ1) is 21.5. The summed E-state index contributed by atoms with van der Waals surface area (Å²) < 4.78 is 37.2. The van der Waals surface area contributed by atoms with Gasteiger partial charge in [0.1, 0.15) is 18.9 Å². The number of carbonyl (C=O) groups is 1. The van der Waals surface area contributed by atoms with Crippen LogP contribution in [0.3, 0.4) is 0 Å². The van der Waals surface area contributed by atoms with E-state index in [1.54, 1.807) is 13.8 Å². The number of nitrogens with zero attached hydrogens (tertiary/aromatic N) is 2. The minimum atomic E-state index is -3.65. The predicted octanol–water partition coefficient (Wildman–Crippen LogP) is 2.65. The van der Waals surface area contributed by atoms with Gasteiger partial charge in [-0.25, -0.2) is 8.42 Å². The Morgan fingerprint density at radius 3 is 2.20 bits per heavy atom. The van der Waals surface area contributed by atoms with E-state index >= 15 is 0 Å². The van der Waals surface area contributed by atoms with Gasteiger partial charge >= 0.3 is 0 Å². The number of nitro groups is 1. The Kier molecular flexibility index (Phi) is 6.22. The zero-order chi connectivity index (χ0) is 21.9. The van der Waals surface area contributed by atoms with Gasteiger partial charge in [0, 0.05) is 24.7 Å². The third kappa shape index (κ3) is 4.21. The summed E-state index contributed by atoms with van der Waals surface area (Å²) in [7, 11) is -3.65. The van der Waals surface area contributed by atoms with Crippen molar-refractivity contribution in [3.63, 3.8) is 0 Å². The van der Waals surface area contributed by atoms with Gasteiger partial charge in [0.25, 0.3) is 11.6 Å². The number of hydrogen-bond donors (Lipinski definition) is 1. The summed E-state index contributed by atoms with van der Waals surface area (Å²) in [5.41, 5.74) is -0.236. The molecule has 0 spiro atoms. The average molecular weight is 435 g/mol. The lowest BCUT2D eigenvalue weighted by Gasteiger charge is -2.19. The second kappa shape index (κ2) is 8.67. The van der Waals surface area contributed by atoms with Crippen molar-refractivity contribution in [3.8, 4) is 11.5 Å². The van der Waals surface area contributed by atoms with Crippen molar-refractivity contribution in [1.82, 2.24) is 4.31 Å². The Hall–Kier alpha value is -3.18. The zero-order valence-electron chi connectivity index (χ0n) is 16.5. The van der Waals surface area contributed by atoms with E-state index in [9.17, 15) is 23.3 Å². The highest BCUT2D eigenvalue weighted by Crippen LogP contribution is 2.39. The quantitative estimate of drug-likeness (QED) is 0.523. The van der Waals surface area contributed by atoms with Crippen molar-refractivity contribution >= 4 is 27.3 Å². The smallest absolute Gasteiger partial charge is 0.296 e. The second-order valence-electron chi connectivity index (χ2n) is 6.34. The molecule has 0 aliphatic carbocycles. The molecule has 0 atom stereocenters. The molecule has 0 aromatic heterocycles. The summed E-state index contributed by atoms with van der Waals surface area (Å²) in [5.74, 6) is -0.0960. The van der Waals surface area contributed by atoms with Crippen LogP contribution >= 0.6 is 0 Å². The van der Waals surface area contributed by atoms with Gasteiger partial charge < -0.3 is 14.8 Å². The van der Waals surface area contributed by atoms with Gasteiger partial charge in [-0.2, -0.15) is 4.31 Å². The van der Waals surface area contributed by atoms with E-state index in [-0.39, 0.29) is 34.2 Å². The molecule has 3 rings (SSSR count). The number of nitrogens with one attached hydrogen (secondary N) is 1. The largest absolute Gasteiger partial charge is 0.486 e. The molecule has 160 valence electrons. The van der Waals surface area contributed by atoms with Crippen LogP contribution < -0.4 is 14.8 Å². The van der Waals surface area contributed by atoms with Crippen molar-refractivity contribution in [2.75, 3.05) is 31.6 Å². The lowest BCUT2D eigenvalue weighted by Crippen LogP contribution is -2.30. The SMILES string of the molecule is CCN(CC)S(=O)(=O)c1ccc(C(=O)Nc2cc3c(cc2[N+](=O)[O-])OCCO3)cc1. The lowest BCUT2D eigenvalue weighted by molar-refractivity contribution is -0.384. The van der Waals surface area contributed by atoms with E-state index in [0.717, 1.165) is 0 Å². The summed E-state index contributed by atoms with van der Waals surface area (Å²) in [6.07, 6.45) is 0. The van der Waals surface area contributed by atoms with Crippen molar-refractivity contribution in [2.24, 2.45) is 0 Å². The average Bonchev–Trinajstić information content (AvgIpc) is 2.73. The molecule has 0 saturated carbocycles. The number of carbonyl (C=O) groups excluding carboxylic acids is 1. The number of fused-ring (bicyclic) bond motifs is 1. The maximum atomic E-state index is 12.6. The molecule has 0 fully saturated rings. The molecule has 1 heterocycles. The number of benzene rings is 2. The topological polar surface area (TPSA) is 128 Å². The first-order valence-corrected chi connectivity index (χ1v) is 10.7. The molecular formula is C19H21N3O7S. The molecule has 2 aromatic carbocycles. The molecule has 1 N–H and O–H groups in total. The molecule has 0 bridgehead atoms. The van der Waals surface area contributed by atoms with Crippen LogP contribution in [0.2, 0.25) is 0 Å². The van der Waals surface area contributed by atoms with Gasteiger partial charge in [-0.05, 0) is 24.3 Å². The monoisotopic (exact) mass is 435 g/mol. The van der Waals surface area contributed by atoms with Crippen LogP contribution in [0, 0.1) is 10.1 Å². The molecule has 1 amide bonds. The Morgan fingerprint density at radius 2 is 1.67 bits per heavy atom. The number of nitro benzene ring substituents is 1. The molecule has 30 heavy (non-hydrogen) atoms. The summed E-state index contributed by atoms with van der Waals surface area (Å²) in [6.45, 7) is 4.70. The highest BCUT2D eigenvalue weighted by Gasteiger charge is 2.25. The number of ether oxygens (including phenoxy) is 2. The Bertz CT molecular complexity index is 1060. The Morgan fingerprint density at radius 1 is 1.10 bits per heavy atom. The van der Waals surface area contributed by atoms with E-state index in [4.69, 9.17) is 9.47 Å². The van der Waals surface area contributed by atoms with Gasteiger partial charge in [-0.3, -0.25) is 14.9 Å². The second-order valence-corrected chi connectivity index (χ2v) is 8.28. The summed E-state index contributed by atoms with van der Waals surface area (Å²) in [4.78, 5) is 23.4. The van der Waals surface area contributed by atoms with Crippen LogP contribution in [0.25, 0.3) is 0 Å². The van der Waals surface area contributed by atoms with Crippen molar-refractivity contribution in [2.45, 2.75) is 18.7 Å². The van der Waals surface area contributed by atoms with Gasteiger partial charge in [0.05, 0.1) is 15.9 Å². The van der Waals surface area contributed by atoms with Crippen LogP contribution in [-0.2, 0) is 10.0 Å². The highest BCUT2D eigenvalue weighted by molar-refractivity contribution is 7.89. The maximum absolute atomic E-state index is 12.6.